The average molecular weight is 353 g/mol. The Morgan fingerprint density at radius 2 is 1.69 bits per heavy atom. The Bertz CT molecular complexity index is 713. The maximum Gasteiger partial charge on any atom is 0.407 e. The number of ether oxygens (including phenoxy) is 1. The second-order valence-electron chi connectivity index (χ2n) is 6.97. The van der Waals surface area contributed by atoms with Crippen molar-refractivity contribution in [2.24, 2.45) is 5.92 Å². The van der Waals surface area contributed by atoms with Crippen LogP contribution in [0.3, 0.4) is 0 Å². The zero-order valence-electron chi connectivity index (χ0n) is 15.4. The van der Waals surface area contributed by atoms with Gasteiger partial charge in [-0.15, -0.1) is 0 Å². The van der Waals surface area contributed by atoms with Gasteiger partial charge in [-0.05, 0) is 34.6 Å². The Morgan fingerprint density at radius 3 is 2.23 bits per heavy atom. The SMILES string of the molecule is CCC(C)[C@@H](CCO)NC(=O)OCC1c2ccccc2-c2ccccc21. The topological polar surface area (TPSA) is 58.6 Å². The van der Waals surface area contributed by atoms with Gasteiger partial charge in [0.25, 0.3) is 0 Å². The molecule has 138 valence electrons. The molecule has 0 bridgehead atoms. The van der Waals surface area contributed by atoms with Crippen LogP contribution in [0.1, 0.15) is 43.7 Å². The van der Waals surface area contributed by atoms with E-state index < -0.39 is 6.09 Å². The predicted octanol–water partition coefficient (Wildman–Crippen LogP) is 4.32. The minimum absolute atomic E-state index is 0.0542. The number of benzene rings is 2. The summed E-state index contributed by atoms with van der Waals surface area (Å²) in [5.74, 6) is 0.357. The first-order valence-corrected chi connectivity index (χ1v) is 9.38. The van der Waals surface area contributed by atoms with Crippen LogP contribution in [0.4, 0.5) is 4.79 Å². The lowest BCUT2D eigenvalue weighted by atomic mass is 9.97. The fraction of sp³-hybridized carbons (Fsp3) is 0.409. The van der Waals surface area contributed by atoms with Crippen molar-refractivity contribution in [3.8, 4) is 11.1 Å². The molecule has 1 aliphatic rings. The van der Waals surface area contributed by atoms with Crippen LogP contribution in [0.15, 0.2) is 48.5 Å². The van der Waals surface area contributed by atoms with Crippen molar-refractivity contribution in [1.82, 2.24) is 5.32 Å². The molecule has 3 rings (SSSR count). The minimum atomic E-state index is -0.411. The summed E-state index contributed by atoms with van der Waals surface area (Å²) in [5, 5.41) is 12.1. The maximum absolute atomic E-state index is 12.3. The number of alkyl carbamates (subject to hydrolysis) is 1. The lowest BCUT2D eigenvalue weighted by Gasteiger charge is -2.24. The maximum atomic E-state index is 12.3. The van der Waals surface area contributed by atoms with E-state index in [-0.39, 0.29) is 18.6 Å². The molecule has 4 nitrogen and oxygen atoms in total. The van der Waals surface area contributed by atoms with Gasteiger partial charge in [-0.25, -0.2) is 4.79 Å². The van der Waals surface area contributed by atoms with Crippen molar-refractivity contribution in [3.05, 3.63) is 59.7 Å². The van der Waals surface area contributed by atoms with E-state index in [0.29, 0.717) is 18.9 Å². The third-order valence-electron chi connectivity index (χ3n) is 5.42. The first-order chi connectivity index (χ1) is 12.7. The van der Waals surface area contributed by atoms with Crippen LogP contribution in [0.5, 0.6) is 0 Å². The van der Waals surface area contributed by atoms with Gasteiger partial charge in [-0.2, -0.15) is 0 Å². The van der Waals surface area contributed by atoms with Crippen LogP contribution in [-0.2, 0) is 4.74 Å². The van der Waals surface area contributed by atoms with Gasteiger partial charge in [-0.1, -0.05) is 68.8 Å². The van der Waals surface area contributed by atoms with Gasteiger partial charge in [0, 0.05) is 18.6 Å². The summed E-state index contributed by atoms with van der Waals surface area (Å²) in [5.41, 5.74) is 4.84. The van der Waals surface area contributed by atoms with E-state index in [1.165, 1.54) is 22.3 Å². The summed E-state index contributed by atoms with van der Waals surface area (Å²) >= 11 is 0. The molecule has 0 heterocycles. The summed E-state index contributed by atoms with van der Waals surface area (Å²) in [7, 11) is 0. The average Bonchev–Trinajstić information content (AvgIpc) is 2.99. The molecule has 4 heteroatoms. The molecule has 1 unspecified atom stereocenters. The van der Waals surface area contributed by atoms with Crippen molar-refractivity contribution < 1.29 is 14.6 Å². The monoisotopic (exact) mass is 353 g/mol. The van der Waals surface area contributed by atoms with E-state index >= 15 is 0 Å². The molecule has 0 aliphatic heterocycles. The minimum Gasteiger partial charge on any atom is -0.449 e. The van der Waals surface area contributed by atoms with Crippen molar-refractivity contribution >= 4 is 6.09 Å². The molecule has 0 saturated carbocycles. The Balaban J connectivity index is 1.69. The largest absolute Gasteiger partial charge is 0.449 e. The second-order valence-corrected chi connectivity index (χ2v) is 6.97. The summed E-state index contributed by atoms with van der Waals surface area (Å²) < 4.78 is 5.58. The van der Waals surface area contributed by atoms with Gasteiger partial charge in [0.1, 0.15) is 6.61 Å². The number of aliphatic hydroxyl groups excluding tert-OH is 1. The highest BCUT2D eigenvalue weighted by atomic mass is 16.5. The highest BCUT2D eigenvalue weighted by Crippen LogP contribution is 2.44. The summed E-state index contributed by atoms with van der Waals surface area (Å²) in [6.07, 6.45) is 1.07. The highest BCUT2D eigenvalue weighted by molar-refractivity contribution is 5.79. The van der Waals surface area contributed by atoms with Crippen LogP contribution in [0.2, 0.25) is 0 Å². The van der Waals surface area contributed by atoms with Gasteiger partial charge < -0.3 is 15.2 Å². The molecule has 2 aromatic carbocycles. The van der Waals surface area contributed by atoms with E-state index in [9.17, 15) is 9.90 Å². The molecular weight excluding hydrogens is 326 g/mol. The van der Waals surface area contributed by atoms with Crippen LogP contribution < -0.4 is 5.32 Å². The smallest absolute Gasteiger partial charge is 0.407 e. The summed E-state index contributed by atoms with van der Waals surface area (Å²) in [6.45, 7) is 4.52. The molecule has 1 amide bonds. The molecule has 1 aliphatic carbocycles. The first kappa shape index (κ1) is 18.5. The molecule has 0 fully saturated rings. The number of hydrogen-bond donors (Lipinski definition) is 2. The summed E-state index contributed by atoms with van der Waals surface area (Å²) in [4.78, 5) is 12.3. The molecular formula is C22H27NO3. The molecule has 2 N–H and O–H groups in total. The van der Waals surface area contributed by atoms with E-state index in [4.69, 9.17) is 4.74 Å². The molecule has 0 radical (unpaired) electrons. The number of hydrogen-bond acceptors (Lipinski definition) is 3. The molecule has 2 aromatic rings. The number of amides is 1. The van der Waals surface area contributed by atoms with E-state index in [0.717, 1.165) is 6.42 Å². The second kappa shape index (κ2) is 8.37. The zero-order valence-corrected chi connectivity index (χ0v) is 15.4. The molecule has 0 aromatic heterocycles. The van der Waals surface area contributed by atoms with Crippen molar-refractivity contribution in [2.45, 2.75) is 38.6 Å². The number of carbonyl (C=O) groups is 1. The van der Waals surface area contributed by atoms with Crippen LogP contribution >= 0.6 is 0 Å². The number of nitrogens with one attached hydrogen (secondary N) is 1. The quantitative estimate of drug-likeness (QED) is 0.779. The Morgan fingerprint density at radius 1 is 1.12 bits per heavy atom. The summed E-state index contributed by atoms with van der Waals surface area (Å²) in [6, 6.07) is 16.5. The lowest BCUT2D eigenvalue weighted by molar-refractivity contribution is 0.131. The first-order valence-electron chi connectivity index (χ1n) is 9.38. The Kier molecular flexibility index (Phi) is 5.94. The predicted molar refractivity (Wildman–Crippen MR) is 103 cm³/mol. The van der Waals surface area contributed by atoms with Gasteiger partial charge in [0.05, 0.1) is 0 Å². The van der Waals surface area contributed by atoms with Gasteiger partial charge in [0.15, 0.2) is 0 Å². The number of carbonyl (C=O) groups excluding carboxylic acids is 1. The van der Waals surface area contributed by atoms with Crippen molar-refractivity contribution in [3.63, 3.8) is 0 Å². The standard InChI is InChI=1S/C22H27NO3/c1-3-15(2)21(12-13-24)23-22(25)26-14-20-18-10-6-4-8-16(18)17-9-5-7-11-19(17)20/h4-11,15,20-21,24H,3,12-14H2,1-2H3,(H,23,25)/t15?,21-/m1/s1. The highest BCUT2D eigenvalue weighted by Gasteiger charge is 2.29. The van der Waals surface area contributed by atoms with Gasteiger partial charge in [-0.3, -0.25) is 0 Å². The molecule has 0 saturated heterocycles. The number of aliphatic hydroxyl groups is 1. The van der Waals surface area contributed by atoms with Crippen LogP contribution in [0.25, 0.3) is 11.1 Å². The molecule has 26 heavy (non-hydrogen) atoms. The molecule has 2 atom stereocenters. The van der Waals surface area contributed by atoms with Gasteiger partial charge >= 0.3 is 6.09 Å². The fourth-order valence-electron chi connectivity index (χ4n) is 3.71. The third-order valence-corrected chi connectivity index (χ3v) is 5.42. The van der Waals surface area contributed by atoms with Crippen LogP contribution in [0, 0.1) is 5.92 Å². The normalized spacial score (nSPS) is 15.0. The number of rotatable bonds is 7. The Hall–Kier alpha value is -2.33. The fourth-order valence-corrected chi connectivity index (χ4v) is 3.71. The van der Waals surface area contributed by atoms with E-state index in [2.05, 4.69) is 43.4 Å². The van der Waals surface area contributed by atoms with Crippen molar-refractivity contribution in [2.75, 3.05) is 13.2 Å². The number of fused-ring (bicyclic) bond motifs is 3. The van der Waals surface area contributed by atoms with E-state index in [1.54, 1.807) is 0 Å². The zero-order chi connectivity index (χ0) is 18.5. The Labute approximate surface area is 155 Å². The lowest BCUT2D eigenvalue weighted by Crippen LogP contribution is -2.40. The third kappa shape index (κ3) is 3.75. The van der Waals surface area contributed by atoms with Crippen molar-refractivity contribution in [1.29, 1.82) is 0 Å². The molecule has 0 spiro atoms. The van der Waals surface area contributed by atoms with Crippen LogP contribution in [-0.4, -0.2) is 30.5 Å². The van der Waals surface area contributed by atoms with Gasteiger partial charge in [0.2, 0.25) is 0 Å². The van der Waals surface area contributed by atoms with E-state index in [1.807, 2.05) is 24.3 Å².